The first-order valence-corrected chi connectivity index (χ1v) is 3.86. The average Bonchev–Trinajstić information content (AvgIpc) is 2.00. The Hall–Kier alpha value is -1.22. The van der Waals surface area contributed by atoms with E-state index >= 15 is 0 Å². The topological polar surface area (TPSA) is 66.5 Å². The average molecular weight is 167 g/mol. The molecule has 0 saturated carbocycles. The first kappa shape index (κ1) is 8.87. The summed E-state index contributed by atoms with van der Waals surface area (Å²) in [6.07, 6.45) is 0.584. The molecule has 12 heavy (non-hydrogen) atoms. The van der Waals surface area contributed by atoms with Gasteiger partial charge in [-0.15, -0.1) is 0 Å². The molecule has 0 atom stereocenters. The lowest BCUT2D eigenvalue weighted by atomic mass is 10.1. The van der Waals surface area contributed by atoms with Crippen molar-refractivity contribution >= 4 is 0 Å². The molecule has 0 radical (unpaired) electrons. The Labute approximate surface area is 71.5 Å². The molecule has 0 heterocycles. The highest BCUT2D eigenvalue weighted by Gasteiger charge is 2.05. The summed E-state index contributed by atoms with van der Waals surface area (Å²) in [5.74, 6) is -0.121. The number of benzene rings is 1. The number of hydrogen-bond donors (Lipinski definition) is 3. The van der Waals surface area contributed by atoms with Crippen molar-refractivity contribution in [3.8, 4) is 11.5 Å². The fourth-order valence-corrected chi connectivity index (χ4v) is 1.18. The maximum absolute atomic E-state index is 9.35. The second-order valence-electron chi connectivity index (χ2n) is 2.83. The number of aromatic hydroxyl groups is 2. The molecule has 0 fully saturated rings. The Kier molecular flexibility index (Phi) is 2.55. The van der Waals surface area contributed by atoms with E-state index in [1.165, 1.54) is 6.07 Å². The van der Waals surface area contributed by atoms with Gasteiger partial charge in [-0.1, -0.05) is 6.07 Å². The Morgan fingerprint density at radius 3 is 2.58 bits per heavy atom. The van der Waals surface area contributed by atoms with Crippen molar-refractivity contribution in [1.29, 1.82) is 0 Å². The van der Waals surface area contributed by atoms with Crippen LogP contribution in [0.3, 0.4) is 0 Å². The van der Waals surface area contributed by atoms with Crippen molar-refractivity contribution in [2.75, 3.05) is 6.54 Å². The van der Waals surface area contributed by atoms with E-state index in [1.54, 1.807) is 0 Å². The highest BCUT2D eigenvalue weighted by Crippen LogP contribution is 2.30. The predicted octanol–water partition coefficient (Wildman–Crippen LogP) is 0.907. The summed E-state index contributed by atoms with van der Waals surface area (Å²) in [6.45, 7) is 2.33. The van der Waals surface area contributed by atoms with Crippen LogP contribution in [-0.4, -0.2) is 16.8 Å². The fraction of sp³-hybridized carbons (Fsp3) is 0.333. The van der Waals surface area contributed by atoms with Crippen LogP contribution in [0.1, 0.15) is 11.1 Å². The van der Waals surface area contributed by atoms with Gasteiger partial charge in [0.2, 0.25) is 0 Å². The molecule has 0 aromatic heterocycles. The number of phenolic OH excluding ortho intramolecular Hbond substituents is 2. The van der Waals surface area contributed by atoms with Crippen molar-refractivity contribution in [3.05, 3.63) is 23.3 Å². The molecule has 4 N–H and O–H groups in total. The standard InChI is InChI=1S/C9H13NO2/c1-6-4-7(2-3-10)9(12)8(11)5-6/h4-5,11-12H,2-3,10H2,1H3. The number of phenols is 2. The first-order valence-electron chi connectivity index (χ1n) is 3.86. The molecule has 0 saturated heterocycles. The maximum Gasteiger partial charge on any atom is 0.160 e. The Balaban J connectivity index is 3.09. The van der Waals surface area contributed by atoms with Crippen molar-refractivity contribution < 1.29 is 10.2 Å². The second kappa shape index (κ2) is 3.45. The van der Waals surface area contributed by atoms with Gasteiger partial charge < -0.3 is 15.9 Å². The van der Waals surface area contributed by atoms with Gasteiger partial charge in [-0.2, -0.15) is 0 Å². The van der Waals surface area contributed by atoms with E-state index in [0.29, 0.717) is 18.5 Å². The van der Waals surface area contributed by atoms with Crippen LogP contribution in [0.15, 0.2) is 12.1 Å². The summed E-state index contributed by atoms with van der Waals surface area (Å²) in [5.41, 5.74) is 6.97. The highest BCUT2D eigenvalue weighted by molar-refractivity contribution is 5.47. The Morgan fingerprint density at radius 1 is 1.33 bits per heavy atom. The molecule has 66 valence electrons. The molecule has 0 bridgehead atoms. The van der Waals surface area contributed by atoms with Crippen LogP contribution in [-0.2, 0) is 6.42 Å². The van der Waals surface area contributed by atoms with Gasteiger partial charge in [-0.3, -0.25) is 0 Å². The first-order chi connectivity index (χ1) is 5.65. The third kappa shape index (κ3) is 1.68. The minimum absolute atomic E-state index is 0.0500. The summed E-state index contributed by atoms with van der Waals surface area (Å²) in [5, 5.41) is 18.6. The lowest BCUT2D eigenvalue weighted by Crippen LogP contribution is -2.03. The van der Waals surface area contributed by atoms with Gasteiger partial charge in [0.1, 0.15) is 0 Å². The van der Waals surface area contributed by atoms with Crippen LogP contribution in [0.4, 0.5) is 0 Å². The molecule has 1 rings (SSSR count). The molecule has 0 aliphatic rings. The van der Waals surface area contributed by atoms with Gasteiger partial charge in [0, 0.05) is 0 Å². The molecule has 0 aliphatic heterocycles. The number of rotatable bonds is 2. The van der Waals surface area contributed by atoms with E-state index in [9.17, 15) is 10.2 Å². The Morgan fingerprint density at radius 2 is 2.00 bits per heavy atom. The molecule has 0 amide bonds. The number of aryl methyl sites for hydroxylation is 1. The van der Waals surface area contributed by atoms with Crippen LogP contribution >= 0.6 is 0 Å². The van der Waals surface area contributed by atoms with Gasteiger partial charge in [0.15, 0.2) is 11.5 Å². The molecule has 0 unspecified atom stereocenters. The molecular formula is C9H13NO2. The molecule has 3 nitrogen and oxygen atoms in total. The predicted molar refractivity (Wildman–Crippen MR) is 47.3 cm³/mol. The van der Waals surface area contributed by atoms with E-state index in [0.717, 1.165) is 5.56 Å². The minimum Gasteiger partial charge on any atom is -0.504 e. The van der Waals surface area contributed by atoms with Crippen LogP contribution in [0, 0.1) is 6.92 Å². The zero-order chi connectivity index (χ0) is 9.14. The van der Waals surface area contributed by atoms with Crippen LogP contribution in [0.2, 0.25) is 0 Å². The largest absolute Gasteiger partial charge is 0.504 e. The molecular weight excluding hydrogens is 154 g/mol. The van der Waals surface area contributed by atoms with Gasteiger partial charge in [-0.05, 0) is 37.1 Å². The normalized spacial score (nSPS) is 10.2. The molecule has 1 aromatic rings. The van der Waals surface area contributed by atoms with E-state index < -0.39 is 0 Å². The summed E-state index contributed by atoms with van der Waals surface area (Å²) >= 11 is 0. The highest BCUT2D eigenvalue weighted by atomic mass is 16.3. The van der Waals surface area contributed by atoms with Crippen molar-refractivity contribution in [2.45, 2.75) is 13.3 Å². The van der Waals surface area contributed by atoms with Crippen LogP contribution in [0.25, 0.3) is 0 Å². The summed E-state index contributed by atoms with van der Waals surface area (Å²) in [4.78, 5) is 0. The van der Waals surface area contributed by atoms with E-state index in [1.807, 2.05) is 13.0 Å². The third-order valence-electron chi connectivity index (χ3n) is 1.73. The smallest absolute Gasteiger partial charge is 0.160 e. The summed E-state index contributed by atoms with van der Waals surface area (Å²) < 4.78 is 0. The third-order valence-corrected chi connectivity index (χ3v) is 1.73. The van der Waals surface area contributed by atoms with Crippen molar-refractivity contribution in [2.24, 2.45) is 5.73 Å². The number of nitrogens with two attached hydrogens (primary N) is 1. The van der Waals surface area contributed by atoms with Crippen molar-refractivity contribution in [1.82, 2.24) is 0 Å². The van der Waals surface area contributed by atoms with Crippen LogP contribution in [0.5, 0.6) is 11.5 Å². The van der Waals surface area contributed by atoms with Gasteiger partial charge in [-0.25, -0.2) is 0 Å². The lowest BCUT2D eigenvalue weighted by Gasteiger charge is -2.05. The fourth-order valence-electron chi connectivity index (χ4n) is 1.18. The molecule has 3 heteroatoms. The molecule has 1 aromatic carbocycles. The molecule has 0 aliphatic carbocycles. The Bertz CT molecular complexity index is 284. The van der Waals surface area contributed by atoms with Gasteiger partial charge in [0.25, 0.3) is 0 Å². The zero-order valence-corrected chi connectivity index (χ0v) is 7.04. The lowest BCUT2D eigenvalue weighted by molar-refractivity contribution is 0.399. The summed E-state index contributed by atoms with van der Waals surface area (Å²) in [6, 6.07) is 3.34. The molecule has 0 spiro atoms. The number of hydrogen-bond acceptors (Lipinski definition) is 3. The van der Waals surface area contributed by atoms with Gasteiger partial charge >= 0.3 is 0 Å². The van der Waals surface area contributed by atoms with Gasteiger partial charge in [0.05, 0.1) is 0 Å². The van der Waals surface area contributed by atoms with Crippen LogP contribution < -0.4 is 5.73 Å². The SMILES string of the molecule is Cc1cc(O)c(O)c(CCN)c1. The van der Waals surface area contributed by atoms with Crippen molar-refractivity contribution in [3.63, 3.8) is 0 Å². The zero-order valence-electron chi connectivity index (χ0n) is 7.04. The second-order valence-corrected chi connectivity index (χ2v) is 2.83. The van der Waals surface area contributed by atoms with E-state index in [4.69, 9.17) is 5.73 Å². The minimum atomic E-state index is -0.0709. The summed E-state index contributed by atoms with van der Waals surface area (Å²) in [7, 11) is 0. The quantitative estimate of drug-likeness (QED) is 0.573. The van der Waals surface area contributed by atoms with E-state index in [-0.39, 0.29) is 11.5 Å². The monoisotopic (exact) mass is 167 g/mol. The maximum atomic E-state index is 9.35. The van der Waals surface area contributed by atoms with E-state index in [2.05, 4.69) is 0 Å².